The van der Waals surface area contributed by atoms with Gasteiger partial charge >= 0.3 is 0 Å². The molecule has 1 aliphatic rings. The minimum absolute atomic E-state index is 0.407. The van der Waals surface area contributed by atoms with E-state index in [1.807, 2.05) is 0 Å². The van der Waals surface area contributed by atoms with Crippen molar-refractivity contribution in [1.82, 2.24) is 5.32 Å². The third-order valence-corrected chi connectivity index (χ3v) is 3.17. The maximum Gasteiger partial charge on any atom is 0.0771 e. The van der Waals surface area contributed by atoms with Gasteiger partial charge in [-0.25, -0.2) is 0 Å². The minimum atomic E-state index is -0.407. The molecule has 14 heavy (non-hydrogen) atoms. The van der Waals surface area contributed by atoms with Crippen LogP contribution in [-0.2, 0) is 0 Å². The van der Waals surface area contributed by atoms with Crippen molar-refractivity contribution in [3.8, 4) is 0 Å². The van der Waals surface area contributed by atoms with Crippen LogP contribution in [0.1, 0.15) is 58.3 Å². The Balaban J connectivity index is 2.27. The minimum Gasteiger partial charge on any atom is -0.389 e. The molecule has 0 aromatic rings. The van der Waals surface area contributed by atoms with Crippen molar-refractivity contribution in [1.29, 1.82) is 0 Å². The molecule has 0 aliphatic heterocycles. The summed E-state index contributed by atoms with van der Waals surface area (Å²) in [6.07, 6.45) is 9.49. The van der Waals surface area contributed by atoms with E-state index in [1.165, 1.54) is 32.1 Å². The Morgan fingerprint density at radius 2 is 1.64 bits per heavy atom. The van der Waals surface area contributed by atoms with Crippen molar-refractivity contribution in [2.24, 2.45) is 0 Å². The average Bonchev–Trinajstić information content (AvgIpc) is 2.13. The van der Waals surface area contributed by atoms with Gasteiger partial charge in [0.2, 0.25) is 0 Å². The van der Waals surface area contributed by atoms with Crippen LogP contribution in [0.15, 0.2) is 0 Å². The van der Waals surface area contributed by atoms with Gasteiger partial charge in [-0.05, 0) is 25.8 Å². The number of aliphatic hydroxyl groups is 1. The van der Waals surface area contributed by atoms with Gasteiger partial charge < -0.3 is 10.4 Å². The maximum absolute atomic E-state index is 10.3. The van der Waals surface area contributed by atoms with Crippen LogP contribution >= 0.6 is 0 Å². The lowest BCUT2D eigenvalue weighted by atomic mass is 9.87. The zero-order chi connectivity index (χ0) is 10.3. The van der Waals surface area contributed by atoms with Gasteiger partial charge in [-0.15, -0.1) is 0 Å². The highest BCUT2D eigenvalue weighted by Crippen LogP contribution is 2.25. The zero-order valence-electron chi connectivity index (χ0n) is 9.52. The molecule has 0 aromatic heterocycles. The van der Waals surface area contributed by atoms with Crippen LogP contribution in [0.5, 0.6) is 0 Å². The van der Waals surface area contributed by atoms with Crippen LogP contribution in [0.25, 0.3) is 0 Å². The molecule has 1 rings (SSSR count). The number of hydrogen-bond donors (Lipinski definition) is 2. The van der Waals surface area contributed by atoms with E-state index < -0.39 is 5.60 Å². The first-order valence-electron chi connectivity index (χ1n) is 6.20. The lowest BCUT2D eigenvalue weighted by Gasteiger charge is -2.30. The van der Waals surface area contributed by atoms with Crippen molar-refractivity contribution in [2.45, 2.75) is 63.9 Å². The average molecular weight is 199 g/mol. The number of hydrogen-bond acceptors (Lipinski definition) is 2. The Morgan fingerprint density at radius 3 is 2.21 bits per heavy atom. The summed E-state index contributed by atoms with van der Waals surface area (Å²) in [7, 11) is 0. The second kappa shape index (κ2) is 6.41. The van der Waals surface area contributed by atoms with Gasteiger partial charge in [-0.3, -0.25) is 0 Å². The van der Waals surface area contributed by atoms with Crippen molar-refractivity contribution in [2.75, 3.05) is 13.1 Å². The third kappa shape index (κ3) is 4.43. The fourth-order valence-electron chi connectivity index (χ4n) is 2.24. The number of nitrogens with one attached hydrogen (secondary N) is 1. The van der Waals surface area contributed by atoms with Crippen LogP contribution in [0.2, 0.25) is 0 Å². The summed E-state index contributed by atoms with van der Waals surface area (Å²) >= 11 is 0. The summed E-state index contributed by atoms with van der Waals surface area (Å²) in [5.41, 5.74) is -0.407. The first kappa shape index (κ1) is 12.0. The summed E-state index contributed by atoms with van der Waals surface area (Å²) in [4.78, 5) is 0. The molecule has 0 spiro atoms. The SMILES string of the molecule is CCCNCC1(O)CCCCCCC1. The van der Waals surface area contributed by atoms with Crippen LogP contribution in [0, 0.1) is 0 Å². The van der Waals surface area contributed by atoms with Gasteiger partial charge in [0, 0.05) is 6.54 Å². The molecule has 0 bridgehead atoms. The van der Waals surface area contributed by atoms with E-state index in [2.05, 4.69) is 12.2 Å². The van der Waals surface area contributed by atoms with Gasteiger partial charge in [0.25, 0.3) is 0 Å². The first-order chi connectivity index (χ1) is 6.77. The molecule has 0 aromatic carbocycles. The van der Waals surface area contributed by atoms with E-state index in [0.717, 1.165) is 32.4 Å². The van der Waals surface area contributed by atoms with E-state index in [4.69, 9.17) is 0 Å². The number of rotatable bonds is 4. The molecule has 2 nitrogen and oxygen atoms in total. The molecule has 0 unspecified atom stereocenters. The predicted octanol–water partition coefficient (Wildman–Crippen LogP) is 2.46. The zero-order valence-corrected chi connectivity index (χ0v) is 9.52. The molecule has 1 saturated carbocycles. The summed E-state index contributed by atoms with van der Waals surface area (Å²) in [6, 6.07) is 0. The van der Waals surface area contributed by atoms with Gasteiger partial charge in [-0.2, -0.15) is 0 Å². The van der Waals surface area contributed by atoms with Crippen LogP contribution < -0.4 is 5.32 Å². The second-order valence-corrected chi connectivity index (χ2v) is 4.67. The van der Waals surface area contributed by atoms with Crippen molar-refractivity contribution in [3.63, 3.8) is 0 Å². The lowest BCUT2D eigenvalue weighted by molar-refractivity contribution is 0.0149. The molecular formula is C12H25NO. The van der Waals surface area contributed by atoms with Crippen molar-refractivity contribution in [3.05, 3.63) is 0 Å². The van der Waals surface area contributed by atoms with E-state index >= 15 is 0 Å². The fourth-order valence-corrected chi connectivity index (χ4v) is 2.24. The Hall–Kier alpha value is -0.0800. The maximum atomic E-state index is 10.3. The van der Waals surface area contributed by atoms with Gasteiger partial charge in [0.05, 0.1) is 5.60 Å². The highest BCUT2D eigenvalue weighted by atomic mass is 16.3. The fraction of sp³-hybridized carbons (Fsp3) is 1.00. The largest absolute Gasteiger partial charge is 0.389 e. The highest BCUT2D eigenvalue weighted by Gasteiger charge is 2.26. The van der Waals surface area contributed by atoms with Gasteiger partial charge in [0.15, 0.2) is 0 Å². The Morgan fingerprint density at radius 1 is 1.07 bits per heavy atom. The molecule has 84 valence electrons. The quantitative estimate of drug-likeness (QED) is 0.682. The normalized spacial score (nSPS) is 22.7. The monoisotopic (exact) mass is 199 g/mol. The van der Waals surface area contributed by atoms with E-state index in [1.54, 1.807) is 0 Å². The van der Waals surface area contributed by atoms with Gasteiger partial charge in [-0.1, -0.05) is 39.0 Å². The van der Waals surface area contributed by atoms with Crippen molar-refractivity contribution < 1.29 is 5.11 Å². The van der Waals surface area contributed by atoms with E-state index in [9.17, 15) is 5.11 Å². The standard InChI is InChI=1S/C12H25NO/c1-2-10-13-11-12(14)8-6-4-3-5-7-9-12/h13-14H,2-11H2,1H3. The lowest BCUT2D eigenvalue weighted by Crippen LogP contribution is -2.41. The molecular weight excluding hydrogens is 174 g/mol. The van der Waals surface area contributed by atoms with Crippen LogP contribution in [0.3, 0.4) is 0 Å². The summed E-state index contributed by atoms with van der Waals surface area (Å²) < 4.78 is 0. The van der Waals surface area contributed by atoms with E-state index in [0.29, 0.717) is 0 Å². The molecule has 1 fully saturated rings. The van der Waals surface area contributed by atoms with E-state index in [-0.39, 0.29) is 0 Å². The molecule has 0 heterocycles. The molecule has 0 saturated heterocycles. The Labute approximate surface area is 88.1 Å². The molecule has 2 N–H and O–H groups in total. The summed E-state index contributed by atoms with van der Waals surface area (Å²) in [5.74, 6) is 0. The van der Waals surface area contributed by atoms with Gasteiger partial charge in [0.1, 0.15) is 0 Å². The Kier molecular flexibility index (Phi) is 5.49. The molecule has 0 atom stereocenters. The topological polar surface area (TPSA) is 32.3 Å². The molecule has 2 heteroatoms. The predicted molar refractivity (Wildman–Crippen MR) is 60.4 cm³/mol. The molecule has 0 amide bonds. The van der Waals surface area contributed by atoms with Crippen molar-refractivity contribution >= 4 is 0 Å². The smallest absolute Gasteiger partial charge is 0.0771 e. The summed E-state index contributed by atoms with van der Waals surface area (Å²) in [5, 5.41) is 13.7. The summed E-state index contributed by atoms with van der Waals surface area (Å²) in [6.45, 7) is 3.98. The van der Waals surface area contributed by atoms with Crippen LogP contribution in [-0.4, -0.2) is 23.8 Å². The molecule has 1 aliphatic carbocycles. The third-order valence-electron chi connectivity index (χ3n) is 3.17. The highest BCUT2D eigenvalue weighted by molar-refractivity contribution is 4.82. The second-order valence-electron chi connectivity index (χ2n) is 4.67. The Bertz CT molecular complexity index is 139. The molecule has 0 radical (unpaired) electrons. The van der Waals surface area contributed by atoms with Crippen LogP contribution in [0.4, 0.5) is 0 Å². The first-order valence-corrected chi connectivity index (χ1v) is 6.20.